The second kappa shape index (κ2) is 3.54. The third-order valence-electron chi connectivity index (χ3n) is 2.62. The van der Waals surface area contributed by atoms with Crippen molar-refractivity contribution in [2.75, 3.05) is 0 Å². The van der Waals surface area contributed by atoms with Crippen molar-refractivity contribution in [3.8, 4) is 11.4 Å². The molecule has 0 aliphatic carbocycles. The molecular formula is C13H16N2. The molecule has 0 atom stereocenters. The lowest BCUT2D eigenvalue weighted by molar-refractivity contribution is 1.22. The van der Waals surface area contributed by atoms with Crippen LogP contribution in [0.15, 0.2) is 18.3 Å². The highest BCUT2D eigenvalue weighted by Crippen LogP contribution is 2.25. The van der Waals surface area contributed by atoms with Gasteiger partial charge in [0.1, 0.15) is 5.82 Å². The SMILES string of the molecule is Cc1cc(C)c(-c2ncc(C)[nH]2)c(C)c1. The van der Waals surface area contributed by atoms with Crippen LogP contribution in [0.4, 0.5) is 0 Å². The molecule has 1 N–H and O–H groups in total. The Morgan fingerprint density at radius 2 is 1.60 bits per heavy atom. The van der Waals surface area contributed by atoms with Crippen molar-refractivity contribution in [3.63, 3.8) is 0 Å². The summed E-state index contributed by atoms with van der Waals surface area (Å²) in [4.78, 5) is 7.66. The van der Waals surface area contributed by atoms with Gasteiger partial charge >= 0.3 is 0 Å². The van der Waals surface area contributed by atoms with E-state index in [1.165, 1.54) is 22.3 Å². The van der Waals surface area contributed by atoms with Crippen LogP contribution < -0.4 is 0 Å². The van der Waals surface area contributed by atoms with E-state index in [-0.39, 0.29) is 0 Å². The summed E-state index contributed by atoms with van der Waals surface area (Å²) < 4.78 is 0. The summed E-state index contributed by atoms with van der Waals surface area (Å²) in [5, 5.41) is 0. The van der Waals surface area contributed by atoms with Gasteiger partial charge in [-0.15, -0.1) is 0 Å². The zero-order valence-corrected chi connectivity index (χ0v) is 9.68. The van der Waals surface area contributed by atoms with Crippen molar-refractivity contribution < 1.29 is 0 Å². The minimum Gasteiger partial charge on any atom is -0.342 e. The zero-order valence-electron chi connectivity index (χ0n) is 9.68. The molecule has 1 aromatic heterocycles. The van der Waals surface area contributed by atoms with Gasteiger partial charge in [0.25, 0.3) is 0 Å². The maximum Gasteiger partial charge on any atom is 0.138 e. The summed E-state index contributed by atoms with van der Waals surface area (Å²) in [6.45, 7) is 8.41. The van der Waals surface area contributed by atoms with Gasteiger partial charge in [0.2, 0.25) is 0 Å². The molecule has 2 nitrogen and oxygen atoms in total. The van der Waals surface area contributed by atoms with E-state index in [9.17, 15) is 0 Å². The number of nitrogens with zero attached hydrogens (tertiary/aromatic N) is 1. The Balaban J connectivity index is 2.62. The minimum atomic E-state index is 0.975. The lowest BCUT2D eigenvalue weighted by atomic mass is 9.99. The van der Waals surface area contributed by atoms with Crippen LogP contribution in [0.5, 0.6) is 0 Å². The highest BCUT2D eigenvalue weighted by atomic mass is 14.9. The minimum absolute atomic E-state index is 0.975. The highest BCUT2D eigenvalue weighted by molar-refractivity contribution is 5.65. The molecule has 2 aromatic rings. The van der Waals surface area contributed by atoms with Crippen molar-refractivity contribution in [3.05, 3.63) is 40.7 Å². The molecule has 0 unspecified atom stereocenters. The van der Waals surface area contributed by atoms with Crippen LogP contribution in [0.2, 0.25) is 0 Å². The number of H-pyrrole nitrogens is 1. The predicted octanol–water partition coefficient (Wildman–Crippen LogP) is 3.31. The Hall–Kier alpha value is -1.57. The van der Waals surface area contributed by atoms with Crippen LogP contribution in [0.3, 0.4) is 0 Å². The number of aryl methyl sites for hydroxylation is 4. The van der Waals surface area contributed by atoms with E-state index in [2.05, 4.69) is 42.9 Å². The van der Waals surface area contributed by atoms with Gasteiger partial charge in [0, 0.05) is 17.5 Å². The second-order valence-corrected chi connectivity index (χ2v) is 4.19. The van der Waals surface area contributed by atoms with Crippen LogP contribution in [-0.2, 0) is 0 Å². The highest BCUT2D eigenvalue weighted by Gasteiger charge is 2.08. The monoisotopic (exact) mass is 200 g/mol. The third-order valence-corrected chi connectivity index (χ3v) is 2.62. The van der Waals surface area contributed by atoms with Crippen LogP contribution in [0, 0.1) is 27.7 Å². The van der Waals surface area contributed by atoms with Gasteiger partial charge in [-0.1, -0.05) is 17.7 Å². The summed E-state index contributed by atoms with van der Waals surface area (Å²) >= 11 is 0. The fraction of sp³-hybridized carbons (Fsp3) is 0.308. The first-order valence-electron chi connectivity index (χ1n) is 5.18. The first-order valence-corrected chi connectivity index (χ1v) is 5.18. The van der Waals surface area contributed by atoms with E-state index >= 15 is 0 Å². The van der Waals surface area contributed by atoms with Crippen molar-refractivity contribution in [1.29, 1.82) is 0 Å². The Bertz CT molecular complexity index is 472. The Morgan fingerprint density at radius 1 is 1.00 bits per heavy atom. The Kier molecular flexibility index (Phi) is 2.35. The van der Waals surface area contributed by atoms with Crippen LogP contribution >= 0.6 is 0 Å². The molecule has 0 aliphatic heterocycles. The summed E-state index contributed by atoms with van der Waals surface area (Å²) in [6, 6.07) is 4.39. The number of hydrogen-bond donors (Lipinski definition) is 1. The van der Waals surface area contributed by atoms with Crippen molar-refractivity contribution in [2.24, 2.45) is 0 Å². The Morgan fingerprint density at radius 3 is 2.07 bits per heavy atom. The molecule has 0 saturated heterocycles. The molecule has 0 amide bonds. The molecule has 0 saturated carbocycles. The molecule has 2 rings (SSSR count). The number of hydrogen-bond acceptors (Lipinski definition) is 1. The molecule has 15 heavy (non-hydrogen) atoms. The number of imidazole rings is 1. The van der Waals surface area contributed by atoms with E-state index in [0.717, 1.165) is 11.5 Å². The summed E-state index contributed by atoms with van der Waals surface area (Å²) in [5.74, 6) is 0.975. The first kappa shape index (κ1) is 9.97. The maximum atomic E-state index is 4.38. The molecular weight excluding hydrogens is 184 g/mol. The van der Waals surface area contributed by atoms with Crippen LogP contribution in [0.25, 0.3) is 11.4 Å². The van der Waals surface area contributed by atoms with Crippen molar-refractivity contribution in [2.45, 2.75) is 27.7 Å². The van der Waals surface area contributed by atoms with Gasteiger partial charge in [-0.05, 0) is 38.8 Å². The topological polar surface area (TPSA) is 28.7 Å². The lowest BCUT2D eigenvalue weighted by Crippen LogP contribution is -1.91. The molecule has 2 heteroatoms. The fourth-order valence-electron chi connectivity index (χ4n) is 2.09. The summed E-state index contributed by atoms with van der Waals surface area (Å²) in [6.07, 6.45) is 1.87. The van der Waals surface area contributed by atoms with Crippen molar-refractivity contribution in [1.82, 2.24) is 9.97 Å². The van der Waals surface area contributed by atoms with Gasteiger partial charge in [0.15, 0.2) is 0 Å². The predicted molar refractivity (Wildman–Crippen MR) is 63.0 cm³/mol. The van der Waals surface area contributed by atoms with Crippen LogP contribution in [0.1, 0.15) is 22.4 Å². The number of aromatic nitrogens is 2. The van der Waals surface area contributed by atoms with E-state index in [0.29, 0.717) is 0 Å². The summed E-state index contributed by atoms with van der Waals surface area (Å²) in [5.41, 5.74) is 6.19. The second-order valence-electron chi connectivity index (χ2n) is 4.19. The number of benzene rings is 1. The molecule has 0 aliphatic rings. The number of rotatable bonds is 1. The first-order chi connectivity index (χ1) is 7.08. The zero-order chi connectivity index (χ0) is 11.0. The summed E-state index contributed by atoms with van der Waals surface area (Å²) in [7, 11) is 0. The van der Waals surface area contributed by atoms with Gasteiger partial charge in [0.05, 0.1) is 0 Å². The van der Waals surface area contributed by atoms with Gasteiger partial charge in [-0.2, -0.15) is 0 Å². The molecule has 1 aromatic carbocycles. The fourth-order valence-corrected chi connectivity index (χ4v) is 2.09. The van der Waals surface area contributed by atoms with Gasteiger partial charge in [-0.3, -0.25) is 0 Å². The molecule has 0 radical (unpaired) electrons. The number of aromatic amines is 1. The normalized spacial score (nSPS) is 10.7. The van der Waals surface area contributed by atoms with Crippen molar-refractivity contribution >= 4 is 0 Å². The maximum absolute atomic E-state index is 4.38. The molecule has 0 bridgehead atoms. The standard InChI is InChI=1S/C13H16N2/c1-8-5-9(2)12(10(3)6-8)13-14-7-11(4)15-13/h5-7H,1-4H3,(H,14,15). The van der Waals surface area contributed by atoms with Gasteiger partial charge in [-0.25, -0.2) is 4.98 Å². The average molecular weight is 200 g/mol. The molecule has 0 fully saturated rings. The van der Waals surface area contributed by atoms with E-state index in [1.54, 1.807) is 0 Å². The lowest BCUT2D eigenvalue weighted by Gasteiger charge is -2.08. The van der Waals surface area contributed by atoms with Crippen LogP contribution in [-0.4, -0.2) is 9.97 Å². The van der Waals surface area contributed by atoms with E-state index in [4.69, 9.17) is 0 Å². The molecule has 78 valence electrons. The third kappa shape index (κ3) is 1.80. The van der Waals surface area contributed by atoms with E-state index in [1.807, 2.05) is 13.1 Å². The average Bonchev–Trinajstić information content (AvgIpc) is 2.49. The quantitative estimate of drug-likeness (QED) is 0.751. The van der Waals surface area contributed by atoms with Gasteiger partial charge < -0.3 is 4.98 Å². The Labute approximate surface area is 90.4 Å². The smallest absolute Gasteiger partial charge is 0.138 e. The van der Waals surface area contributed by atoms with E-state index < -0.39 is 0 Å². The molecule has 0 spiro atoms. The largest absolute Gasteiger partial charge is 0.342 e. The number of nitrogens with one attached hydrogen (secondary N) is 1. The molecule has 1 heterocycles.